The van der Waals surface area contributed by atoms with E-state index < -0.39 is 0 Å². The number of methoxy groups -OCH3 is 2. The lowest BCUT2D eigenvalue weighted by Crippen LogP contribution is -2.04. The van der Waals surface area contributed by atoms with Crippen molar-refractivity contribution in [3.8, 4) is 17.4 Å². The molecule has 7 nitrogen and oxygen atoms in total. The fraction of sp³-hybridized carbons (Fsp3) is 0.150. The Balaban J connectivity index is 1.83. The molecule has 0 spiro atoms. The summed E-state index contributed by atoms with van der Waals surface area (Å²) >= 11 is 0. The molecule has 0 fully saturated rings. The summed E-state index contributed by atoms with van der Waals surface area (Å²) in [6.07, 6.45) is 3.30. The Kier molecular flexibility index (Phi) is 4.33. The lowest BCUT2D eigenvalue weighted by atomic mass is 10.2. The Labute approximate surface area is 155 Å². The first kappa shape index (κ1) is 16.8. The molecule has 2 N–H and O–H groups in total. The third-order valence-corrected chi connectivity index (χ3v) is 4.31. The van der Waals surface area contributed by atoms with E-state index in [0.29, 0.717) is 34.8 Å². The number of aromatic nitrogens is 2. The second kappa shape index (κ2) is 6.95. The van der Waals surface area contributed by atoms with Crippen LogP contribution in [-0.2, 0) is 6.54 Å². The standard InChI is InChI=1S/C20H19N3O4/c1-25-15-9-13(10-16(11-15)26-2)22-19-18-17(6-3-7-21-18)20(24)23(19)12-14-5-4-8-27-14/h3-11,22,24H,12H2,1-2H3. The smallest absolute Gasteiger partial charge is 0.202 e. The van der Waals surface area contributed by atoms with Crippen molar-refractivity contribution in [2.45, 2.75) is 6.54 Å². The number of pyridine rings is 1. The predicted molar refractivity (Wildman–Crippen MR) is 102 cm³/mol. The first-order valence-corrected chi connectivity index (χ1v) is 8.38. The molecule has 0 aliphatic heterocycles. The number of nitrogens with one attached hydrogen (secondary N) is 1. The van der Waals surface area contributed by atoms with Gasteiger partial charge in [-0.15, -0.1) is 0 Å². The zero-order valence-corrected chi connectivity index (χ0v) is 15.0. The lowest BCUT2D eigenvalue weighted by molar-refractivity contribution is 0.394. The molecule has 3 heterocycles. The Morgan fingerprint density at radius 1 is 1.11 bits per heavy atom. The molecule has 0 saturated heterocycles. The number of aromatic hydroxyl groups is 1. The van der Waals surface area contributed by atoms with Crippen LogP contribution in [0.5, 0.6) is 17.4 Å². The number of hydrogen-bond donors (Lipinski definition) is 2. The molecular weight excluding hydrogens is 346 g/mol. The van der Waals surface area contributed by atoms with Crippen LogP contribution in [0.4, 0.5) is 11.5 Å². The molecule has 27 heavy (non-hydrogen) atoms. The maximum absolute atomic E-state index is 10.7. The fourth-order valence-electron chi connectivity index (χ4n) is 3.01. The van der Waals surface area contributed by atoms with E-state index in [2.05, 4.69) is 10.3 Å². The van der Waals surface area contributed by atoms with Crippen LogP contribution in [0.25, 0.3) is 10.9 Å². The van der Waals surface area contributed by atoms with E-state index in [0.717, 1.165) is 11.4 Å². The van der Waals surface area contributed by atoms with E-state index >= 15 is 0 Å². The van der Waals surface area contributed by atoms with Crippen LogP contribution < -0.4 is 14.8 Å². The molecule has 3 aromatic heterocycles. The van der Waals surface area contributed by atoms with E-state index in [1.807, 2.05) is 30.3 Å². The van der Waals surface area contributed by atoms with E-state index in [1.54, 1.807) is 43.4 Å². The van der Waals surface area contributed by atoms with Gasteiger partial charge >= 0.3 is 0 Å². The molecule has 0 radical (unpaired) electrons. The Hall–Kier alpha value is -3.61. The monoisotopic (exact) mass is 365 g/mol. The van der Waals surface area contributed by atoms with Crippen LogP contribution >= 0.6 is 0 Å². The van der Waals surface area contributed by atoms with Crippen molar-refractivity contribution in [1.29, 1.82) is 0 Å². The van der Waals surface area contributed by atoms with Gasteiger partial charge in [-0.1, -0.05) is 0 Å². The van der Waals surface area contributed by atoms with Crippen molar-refractivity contribution in [3.63, 3.8) is 0 Å². The first-order valence-electron chi connectivity index (χ1n) is 8.38. The van der Waals surface area contributed by atoms with Crippen molar-refractivity contribution >= 4 is 22.4 Å². The number of anilines is 2. The summed E-state index contributed by atoms with van der Waals surface area (Å²) in [4.78, 5) is 4.44. The largest absolute Gasteiger partial charge is 0.497 e. The quantitative estimate of drug-likeness (QED) is 0.534. The second-order valence-corrected chi connectivity index (χ2v) is 5.96. The summed E-state index contributed by atoms with van der Waals surface area (Å²) in [5, 5.41) is 14.7. The molecule has 0 bridgehead atoms. The molecular formula is C20H19N3O4. The predicted octanol–water partition coefficient (Wildman–Crippen LogP) is 4.14. The van der Waals surface area contributed by atoms with Gasteiger partial charge in [-0.2, -0.15) is 0 Å². The molecule has 0 amide bonds. The van der Waals surface area contributed by atoms with Gasteiger partial charge in [0.25, 0.3) is 0 Å². The number of furan rings is 1. The molecule has 138 valence electrons. The van der Waals surface area contributed by atoms with E-state index in [1.165, 1.54) is 0 Å². The SMILES string of the molecule is COc1cc(Nc2c3ncccc3c(O)n2Cc2ccco2)cc(OC)c1. The number of ether oxygens (including phenoxy) is 2. The first-order chi connectivity index (χ1) is 13.2. The Morgan fingerprint density at radius 3 is 2.56 bits per heavy atom. The van der Waals surface area contributed by atoms with Crippen LogP contribution in [0.1, 0.15) is 5.76 Å². The molecule has 0 atom stereocenters. The highest BCUT2D eigenvalue weighted by Crippen LogP contribution is 2.37. The molecule has 1 aromatic carbocycles. The Bertz CT molecular complexity index is 1050. The van der Waals surface area contributed by atoms with Crippen LogP contribution in [0.15, 0.2) is 59.3 Å². The molecule has 0 unspecified atom stereocenters. The van der Waals surface area contributed by atoms with Gasteiger partial charge in [0, 0.05) is 30.1 Å². The van der Waals surface area contributed by atoms with Crippen molar-refractivity contribution in [3.05, 3.63) is 60.7 Å². The summed E-state index contributed by atoms with van der Waals surface area (Å²) in [6.45, 7) is 0.360. The van der Waals surface area contributed by atoms with Gasteiger partial charge in [-0.3, -0.25) is 9.55 Å². The highest BCUT2D eigenvalue weighted by molar-refractivity contribution is 5.96. The van der Waals surface area contributed by atoms with Gasteiger partial charge < -0.3 is 24.3 Å². The van der Waals surface area contributed by atoms with E-state index in [9.17, 15) is 5.11 Å². The minimum absolute atomic E-state index is 0.117. The summed E-state index contributed by atoms with van der Waals surface area (Å²) < 4.78 is 17.8. The number of fused-ring (bicyclic) bond motifs is 1. The minimum atomic E-state index is 0.117. The topological polar surface area (TPSA) is 81.7 Å². The zero-order chi connectivity index (χ0) is 18.8. The molecule has 7 heteroatoms. The fourth-order valence-corrected chi connectivity index (χ4v) is 3.01. The molecule has 0 aliphatic rings. The van der Waals surface area contributed by atoms with E-state index in [-0.39, 0.29) is 5.88 Å². The third kappa shape index (κ3) is 3.15. The summed E-state index contributed by atoms with van der Waals surface area (Å²) in [5.74, 6) is 2.79. The molecule has 0 saturated carbocycles. The summed E-state index contributed by atoms with van der Waals surface area (Å²) in [7, 11) is 3.20. The van der Waals surface area contributed by atoms with Crippen molar-refractivity contribution < 1.29 is 19.0 Å². The highest BCUT2D eigenvalue weighted by atomic mass is 16.5. The Morgan fingerprint density at radius 2 is 1.89 bits per heavy atom. The summed E-state index contributed by atoms with van der Waals surface area (Å²) in [6, 6.07) is 12.8. The molecule has 0 aliphatic carbocycles. The number of rotatable bonds is 6. The van der Waals surface area contributed by atoms with Crippen LogP contribution in [0.2, 0.25) is 0 Å². The number of hydrogen-bond acceptors (Lipinski definition) is 6. The molecule has 4 aromatic rings. The van der Waals surface area contributed by atoms with E-state index in [4.69, 9.17) is 13.9 Å². The average molecular weight is 365 g/mol. The van der Waals surface area contributed by atoms with Gasteiger partial charge in [-0.05, 0) is 24.3 Å². The maximum Gasteiger partial charge on any atom is 0.202 e. The van der Waals surface area contributed by atoms with Crippen molar-refractivity contribution in [2.75, 3.05) is 19.5 Å². The van der Waals surface area contributed by atoms with Crippen LogP contribution in [0.3, 0.4) is 0 Å². The molecule has 4 rings (SSSR count). The van der Waals surface area contributed by atoms with Gasteiger partial charge in [0.05, 0.1) is 32.4 Å². The van der Waals surface area contributed by atoms with Gasteiger partial charge in [-0.25, -0.2) is 0 Å². The average Bonchev–Trinajstić information content (AvgIpc) is 3.31. The highest BCUT2D eigenvalue weighted by Gasteiger charge is 2.19. The third-order valence-electron chi connectivity index (χ3n) is 4.31. The van der Waals surface area contributed by atoms with Gasteiger partial charge in [0.1, 0.15) is 28.6 Å². The minimum Gasteiger partial charge on any atom is -0.497 e. The zero-order valence-electron chi connectivity index (χ0n) is 15.0. The normalized spacial score (nSPS) is 10.9. The van der Waals surface area contributed by atoms with Crippen LogP contribution in [-0.4, -0.2) is 28.9 Å². The summed E-state index contributed by atoms with van der Waals surface area (Å²) in [5.41, 5.74) is 1.40. The van der Waals surface area contributed by atoms with Crippen LogP contribution in [0, 0.1) is 0 Å². The van der Waals surface area contributed by atoms with Crippen molar-refractivity contribution in [1.82, 2.24) is 9.55 Å². The maximum atomic E-state index is 10.7. The number of nitrogens with zero attached hydrogens (tertiary/aromatic N) is 2. The van der Waals surface area contributed by atoms with Gasteiger partial charge in [0.2, 0.25) is 5.88 Å². The lowest BCUT2D eigenvalue weighted by Gasteiger charge is -2.13. The van der Waals surface area contributed by atoms with Gasteiger partial charge in [0.15, 0.2) is 0 Å². The second-order valence-electron chi connectivity index (χ2n) is 5.96. The van der Waals surface area contributed by atoms with Crippen molar-refractivity contribution in [2.24, 2.45) is 0 Å². The number of benzene rings is 1.